The average Bonchev–Trinajstić information content (AvgIpc) is 2.46. The molecule has 0 amide bonds. The van der Waals surface area contributed by atoms with Crippen molar-refractivity contribution < 1.29 is 0 Å². The molecule has 1 N–H and O–H groups in total. The molecule has 0 aliphatic rings. The molecule has 0 spiro atoms. The molecule has 5 nitrogen and oxygen atoms in total. The molecule has 0 atom stereocenters. The predicted octanol–water partition coefficient (Wildman–Crippen LogP) is 2.79. The van der Waals surface area contributed by atoms with Crippen LogP contribution in [0.1, 0.15) is 5.69 Å². The Kier molecular flexibility index (Phi) is 3.33. The number of hydrogen-bond donors (Lipinski definition) is 1. The van der Waals surface area contributed by atoms with Crippen LogP contribution in [0.15, 0.2) is 47.5 Å². The zero-order chi connectivity index (χ0) is 13.1. The van der Waals surface area contributed by atoms with E-state index in [9.17, 15) is 0 Å². The second kappa shape index (κ2) is 5.27. The molecule has 1 aromatic carbocycles. The fourth-order valence-electron chi connectivity index (χ4n) is 1.68. The van der Waals surface area contributed by atoms with E-state index in [1.807, 2.05) is 18.2 Å². The summed E-state index contributed by atoms with van der Waals surface area (Å²) in [7, 11) is 0. The van der Waals surface area contributed by atoms with Gasteiger partial charge < -0.3 is 5.32 Å². The van der Waals surface area contributed by atoms with Crippen molar-refractivity contribution in [3.63, 3.8) is 0 Å². The van der Waals surface area contributed by atoms with Gasteiger partial charge in [-0.3, -0.25) is 9.97 Å². The molecule has 0 aliphatic heterocycles. The van der Waals surface area contributed by atoms with Gasteiger partial charge in [0.25, 0.3) is 0 Å². The van der Waals surface area contributed by atoms with Gasteiger partial charge in [-0.05, 0) is 18.2 Å². The number of aromatic nitrogens is 4. The highest BCUT2D eigenvalue weighted by molar-refractivity contribution is 9.10. The van der Waals surface area contributed by atoms with Gasteiger partial charge in [-0.15, -0.1) is 0 Å². The molecule has 0 radical (unpaired) electrons. The first-order valence-corrected chi connectivity index (χ1v) is 6.52. The molecular formula is C13H10BrN5. The van der Waals surface area contributed by atoms with Crippen LogP contribution in [0.3, 0.4) is 0 Å². The minimum atomic E-state index is 0.551. The highest BCUT2D eigenvalue weighted by Gasteiger charge is 2.01. The molecule has 2 aromatic heterocycles. The Morgan fingerprint density at radius 2 is 2.05 bits per heavy atom. The Morgan fingerprint density at radius 3 is 2.89 bits per heavy atom. The summed E-state index contributed by atoms with van der Waals surface area (Å²) in [6.45, 7) is 0.551. The highest BCUT2D eigenvalue weighted by Crippen LogP contribution is 2.18. The summed E-state index contributed by atoms with van der Waals surface area (Å²) in [6.07, 6.45) is 6.82. The molecule has 3 rings (SSSR count). The Labute approximate surface area is 118 Å². The van der Waals surface area contributed by atoms with Crippen molar-refractivity contribution in [2.75, 3.05) is 5.32 Å². The molecule has 6 heteroatoms. The maximum atomic E-state index is 4.44. The number of rotatable bonds is 3. The summed E-state index contributed by atoms with van der Waals surface area (Å²) in [6, 6.07) is 5.90. The number of nitrogens with zero attached hydrogens (tertiary/aromatic N) is 4. The number of hydrogen-bond acceptors (Lipinski definition) is 5. The van der Waals surface area contributed by atoms with Crippen LogP contribution in [0, 0.1) is 0 Å². The van der Waals surface area contributed by atoms with E-state index in [-0.39, 0.29) is 0 Å². The van der Waals surface area contributed by atoms with Gasteiger partial charge in [0.05, 0.1) is 24.0 Å². The monoisotopic (exact) mass is 315 g/mol. The molecule has 0 unspecified atom stereocenters. The number of nitrogens with one attached hydrogen (secondary N) is 1. The van der Waals surface area contributed by atoms with Crippen LogP contribution >= 0.6 is 15.9 Å². The standard InChI is InChI=1S/C13H10BrN5/c14-10-1-2-12-9(5-10)6-17-13(19-12)18-8-11-7-15-3-4-16-11/h1-7H,8H2,(H,17,18,19). The van der Waals surface area contributed by atoms with E-state index in [1.165, 1.54) is 0 Å². The lowest BCUT2D eigenvalue weighted by molar-refractivity contribution is 0.984. The van der Waals surface area contributed by atoms with Crippen LogP contribution in [-0.4, -0.2) is 19.9 Å². The lowest BCUT2D eigenvalue weighted by atomic mass is 10.2. The average molecular weight is 316 g/mol. The lowest BCUT2D eigenvalue weighted by Gasteiger charge is -2.05. The second-order valence-corrected chi connectivity index (χ2v) is 4.86. The Morgan fingerprint density at radius 1 is 1.11 bits per heavy atom. The second-order valence-electron chi connectivity index (χ2n) is 3.95. The van der Waals surface area contributed by atoms with Crippen LogP contribution in [-0.2, 0) is 6.54 Å². The minimum Gasteiger partial charge on any atom is -0.348 e. The fraction of sp³-hybridized carbons (Fsp3) is 0.0769. The van der Waals surface area contributed by atoms with E-state index in [2.05, 4.69) is 41.2 Å². The molecular weight excluding hydrogens is 306 g/mol. The zero-order valence-corrected chi connectivity index (χ0v) is 11.5. The van der Waals surface area contributed by atoms with Crippen LogP contribution in [0.4, 0.5) is 5.95 Å². The lowest BCUT2D eigenvalue weighted by Crippen LogP contribution is -2.05. The smallest absolute Gasteiger partial charge is 0.223 e. The molecule has 0 saturated heterocycles. The molecule has 3 aromatic rings. The third-order valence-corrected chi connectivity index (χ3v) is 3.08. The molecule has 0 aliphatic carbocycles. The van der Waals surface area contributed by atoms with Crippen LogP contribution in [0.2, 0.25) is 0 Å². The van der Waals surface area contributed by atoms with Gasteiger partial charge in [0.2, 0.25) is 5.95 Å². The normalized spacial score (nSPS) is 10.6. The summed E-state index contributed by atoms with van der Waals surface area (Å²) in [5.74, 6) is 0.584. The largest absolute Gasteiger partial charge is 0.348 e. The first kappa shape index (κ1) is 12.0. The van der Waals surface area contributed by atoms with Crippen LogP contribution in [0.25, 0.3) is 10.9 Å². The molecule has 19 heavy (non-hydrogen) atoms. The van der Waals surface area contributed by atoms with Gasteiger partial charge in [-0.25, -0.2) is 9.97 Å². The fourth-order valence-corrected chi connectivity index (χ4v) is 2.06. The van der Waals surface area contributed by atoms with E-state index < -0.39 is 0 Å². The molecule has 94 valence electrons. The van der Waals surface area contributed by atoms with Crippen molar-refractivity contribution in [2.45, 2.75) is 6.54 Å². The third-order valence-electron chi connectivity index (χ3n) is 2.59. The van der Waals surface area contributed by atoms with Crippen LogP contribution < -0.4 is 5.32 Å². The van der Waals surface area contributed by atoms with Crippen molar-refractivity contribution in [3.8, 4) is 0 Å². The van der Waals surface area contributed by atoms with Crippen molar-refractivity contribution in [2.24, 2.45) is 0 Å². The van der Waals surface area contributed by atoms with E-state index in [1.54, 1.807) is 24.8 Å². The first-order chi connectivity index (χ1) is 9.31. The maximum absolute atomic E-state index is 4.44. The first-order valence-electron chi connectivity index (χ1n) is 5.72. The quantitative estimate of drug-likeness (QED) is 0.805. The zero-order valence-electron chi connectivity index (χ0n) is 9.92. The topological polar surface area (TPSA) is 63.6 Å². The molecule has 0 bridgehead atoms. The van der Waals surface area contributed by atoms with Gasteiger partial charge in [-0.1, -0.05) is 15.9 Å². The highest BCUT2D eigenvalue weighted by atomic mass is 79.9. The van der Waals surface area contributed by atoms with Gasteiger partial charge in [0.1, 0.15) is 0 Å². The van der Waals surface area contributed by atoms with Crippen molar-refractivity contribution in [1.82, 2.24) is 19.9 Å². The summed E-state index contributed by atoms with van der Waals surface area (Å²) in [5.41, 5.74) is 1.75. The molecule has 0 saturated carbocycles. The van der Waals surface area contributed by atoms with E-state index in [4.69, 9.17) is 0 Å². The summed E-state index contributed by atoms with van der Waals surface area (Å²) in [5, 5.41) is 4.13. The number of fused-ring (bicyclic) bond motifs is 1. The van der Waals surface area contributed by atoms with E-state index in [0.29, 0.717) is 12.5 Å². The van der Waals surface area contributed by atoms with E-state index in [0.717, 1.165) is 21.1 Å². The minimum absolute atomic E-state index is 0.551. The molecule has 2 heterocycles. The van der Waals surface area contributed by atoms with Crippen molar-refractivity contribution in [3.05, 3.63) is 53.2 Å². The van der Waals surface area contributed by atoms with Crippen molar-refractivity contribution >= 4 is 32.8 Å². The number of halogens is 1. The summed E-state index contributed by atoms with van der Waals surface area (Å²) < 4.78 is 1.02. The Bertz CT molecular complexity index is 702. The molecule has 0 fully saturated rings. The summed E-state index contributed by atoms with van der Waals surface area (Å²) >= 11 is 3.43. The SMILES string of the molecule is Brc1ccc2nc(NCc3cnccn3)ncc2c1. The summed E-state index contributed by atoms with van der Waals surface area (Å²) in [4.78, 5) is 16.9. The van der Waals surface area contributed by atoms with E-state index >= 15 is 0 Å². The van der Waals surface area contributed by atoms with Crippen molar-refractivity contribution in [1.29, 1.82) is 0 Å². The maximum Gasteiger partial charge on any atom is 0.223 e. The third kappa shape index (κ3) is 2.85. The van der Waals surface area contributed by atoms with Crippen LogP contribution in [0.5, 0.6) is 0 Å². The number of benzene rings is 1. The van der Waals surface area contributed by atoms with Gasteiger partial charge in [0, 0.05) is 28.4 Å². The Hall–Kier alpha value is -2.08. The number of anilines is 1. The van der Waals surface area contributed by atoms with Gasteiger partial charge in [0.15, 0.2) is 0 Å². The predicted molar refractivity (Wildman–Crippen MR) is 76.6 cm³/mol. The van der Waals surface area contributed by atoms with Gasteiger partial charge in [-0.2, -0.15) is 0 Å². The van der Waals surface area contributed by atoms with Gasteiger partial charge >= 0.3 is 0 Å². The Balaban J connectivity index is 1.80.